The molecule has 98 valence electrons. The summed E-state index contributed by atoms with van der Waals surface area (Å²) in [5.74, 6) is 0.187. The fourth-order valence-electron chi connectivity index (χ4n) is 2.19. The Bertz CT molecular complexity index is 402. The van der Waals surface area contributed by atoms with E-state index in [1.165, 1.54) is 0 Å². The van der Waals surface area contributed by atoms with Gasteiger partial charge in [-0.05, 0) is 18.1 Å². The second-order valence-corrected chi connectivity index (χ2v) is 5.41. The van der Waals surface area contributed by atoms with Gasteiger partial charge in [0, 0.05) is 37.8 Å². The third-order valence-electron chi connectivity index (χ3n) is 3.30. The zero-order valence-corrected chi connectivity index (χ0v) is 11.1. The number of hydrogen-bond donors (Lipinski definition) is 0. The van der Waals surface area contributed by atoms with Crippen LogP contribution in [-0.4, -0.2) is 42.6 Å². The topological polar surface area (TPSA) is 42.4 Å². The van der Waals surface area contributed by atoms with Gasteiger partial charge in [-0.2, -0.15) is 0 Å². The molecule has 0 aromatic carbocycles. The lowest BCUT2D eigenvalue weighted by Crippen LogP contribution is -2.49. The van der Waals surface area contributed by atoms with E-state index in [0.717, 1.165) is 31.7 Å². The Labute approximate surface area is 108 Å². The van der Waals surface area contributed by atoms with E-state index in [2.05, 4.69) is 11.9 Å². The van der Waals surface area contributed by atoms with Crippen molar-refractivity contribution in [2.24, 2.45) is 5.41 Å². The molecule has 4 nitrogen and oxygen atoms in total. The molecular formula is C14H20N2O2. The summed E-state index contributed by atoms with van der Waals surface area (Å²) in [4.78, 5) is 17.9. The van der Waals surface area contributed by atoms with Crippen LogP contribution >= 0.6 is 0 Å². The van der Waals surface area contributed by atoms with Gasteiger partial charge < -0.3 is 9.64 Å². The molecule has 1 aliphatic rings. The van der Waals surface area contributed by atoms with Gasteiger partial charge in [-0.15, -0.1) is 0 Å². The predicted molar refractivity (Wildman–Crippen MR) is 69.1 cm³/mol. The van der Waals surface area contributed by atoms with Crippen LogP contribution in [0.3, 0.4) is 0 Å². The molecule has 0 radical (unpaired) electrons. The van der Waals surface area contributed by atoms with E-state index in [1.54, 1.807) is 6.20 Å². The van der Waals surface area contributed by atoms with Crippen molar-refractivity contribution in [1.29, 1.82) is 0 Å². The maximum absolute atomic E-state index is 12.0. The first-order chi connectivity index (χ1) is 8.59. The molecule has 0 saturated carbocycles. The minimum atomic E-state index is 0.152. The van der Waals surface area contributed by atoms with Crippen molar-refractivity contribution >= 4 is 5.91 Å². The Morgan fingerprint density at radius 2 is 2.33 bits per heavy atom. The summed E-state index contributed by atoms with van der Waals surface area (Å²) >= 11 is 0. The van der Waals surface area contributed by atoms with Gasteiger partial charge in [0.1, 0.15) is 0 Å². The van der Waals surface area contributed by atoms with Gasteiger partial charge in [0.15, 0.2) is 0 Å². The summed E-state index contributed by atoms with van der Waals surface area (Å²) < 4.78 is 5.20. The highest BCUT2D eigenvalue weighted by Crippen LogP contribution is 2.27. The van der Waals surface area contributed by atoms with E-state index in [-0.39, 0.29) is 11.3 Å². The maximum Gasteiger partial charge on any atom is 0.222 e. The van der Waals surface area contributed by atoms with Crippen LogP contribution in [0.4, 0.5) is 0 Å². The smallest absolute Gasteiger partial charge is 0.222 e. The average molecular weight is 248 g/mol. The molecule has 2 rings (SSSR count). The van der Waals surface area contributed by atoms with E-state index < -0.39 is 0 Å². The molecule has 1 amide bonds. The van der Waals surface area contributed by atoms with Gasteiger partial charge >= 0.3 is 0 Å². The van der Waals surface area contributed by atoms with Crippen molar-refractivity contribution in [3.05, 3.63) is 30.1 Å². The maximum atomic E-state index is 12.0. The number of rotatable bonds is 5. The van der Waals surface area contributed by atoms with Gasteiger partial charge in [-0.1, -0.05) is 13.0 Å². The monoisotopic (exact) mass is 248 g/mol. The zero-order valence-electron chi connectivity index (χ0n) is 11.1. The fourth-order valence-corrected chi connectivity index (χ4v) is 2.19. The van der Waals surface area contributed by atoms with Gasteiger partial charge in [0.05, 0.1) is 13.2 Å². The van der Waals surface area contributed by atoms with Crippen molar-refractivity contribution in [1.82, 2.24) is 9.88 Å². The van der Waals surface area contributed by atoms with E-state index in [9.17, 15) is 4.79 Å². The average Bonchev–Trinajstić information content (AvgIpc) is 2.35. The van der Waals surface area contributed by atoms with Crippen LogP contribution in [0, 0.1) is 5.41 Å². The first-order valence-corrected chi connectivity index (χ1v) is 6.30. The van der Waals surface area contributed by atoms with Crippen molar-refractivity contribution in [3.63, 3.8) is 0 Å². The first kappa shape index (κ1) is 13.0. The van der Waals surface area contributed by atoms with Crippen LogP contribution in [0.5, 0.6) is 0 Å². The molecule has 18 heavy (non-hydrogen) atoms. The standard InChI is InChI=1S/C14H20N2O2/c1-14(10-18-11-14)9-16(2)13(17)6-5-12-4-3-7-15-8-12/h3-4,7-8H,5-6,9-11H2,1-2H3. The minimum Gasteiger partial charge on any atom is -0.380 e. The molecule has 4 heteroatoms. The Morgan fingerprint density at radius 3 is 2.89 bits per heavy atom. The van der Waals surface area contributed by atoms with Gasteiger partial charge in [-0.25, -0.2) is 0 Å². The molecule has 0 unspecified atom stereocenters. The van der Waals surface area contributed by atoms with Crippen molar-refractivity contribution in [2.45, 2.75) is 19.8 Å². The summed E-state index contributed by atoms with van der Waals surface area (Å²) in [6.07, 6.45) is 4.85. The Morgan fingerprint density at radius 1 is 1.56 bits per heavy atom. The SMILES string of the molecule is CN(CC1(C)COC1)C(=O)CCc1cccnc1. The van der Waals surface area contributed by atoms with E-state index in [1.807, 2.05) is 30.3 Å². The normalized spacial score (nSPS) is 17.0. The highest BCUT2D eigenvalue weighted by atomic mass is 16.5. The molecule has 0 bridgehead atoms. The summed E-state index contributed by atoms with van der Waals surface area (Å²) in [5, 5.41) is 0. The highest BCUT2D eigenvalue weighted by molar-refractivity contribution is 5.76. The minimum absolute atomic E-state index is 0.152. The van der Waals surface area contributed by atoms with Crippen LogP contribution < -0.4 is 0 Å². The number of amides is 1. The van der Waals surface area contributed by atoms with Crippen LogP contribution in [0.15, 0.2) is 24.5 Å². The largest absolute Gasteiger partial charge is 0.380 e. The summed E-state index contributed by atoms with van der Waals surface area (Å²) in [6, 6.07) is 3.90. The van der Waals surface area contributed by atoms with Crippen LogP contribution in [-0.2, 0) is 16.0 Å². The van der Waals surface area contributed by atoms with Crippen LogP contribution in [0.2, 0.25) is 0 Å². The van der Waals surface area contributed by atoms with E-state index in [4.69, 9.17) is 4.74 Å². The van der Waals surface area contributed by atoms with Gasteiger partial charge in [0.25, 0.3) is 0 Å². The molecule has 0 N–H and O–H groups in total. The molecule has 1 aromatic rings. The fraction of sp³-hybridized carbons (Fsp3) is 0.571. The molecular weight excluding hydrogens is 228 g/mol. The third-order valence-corrected chi connectivity index (χ3v) is 3.30. The molecule has 0 aliphatic carbocycles. The lowest BCUT2D eigenvalue weighted by molar-refractivity contribution is -0.141. The number of aryl methyl sites for hydroxylation is 1. The second-order valence-electron chi connectivity index (χ2n) is 5.41. The Hall–Kier alpha value is -1.42. The van der Waals surface area contributed by atoms with Crippen molar-refractivity contribution in [2.75, 3.05) is 26.8 Å². The van der Waals surface area contributed by atoms with Gasteiger partial charge in [0.2, 0.25) is 5.91 Å². The molecule has 0 spiro atoms. The number of aromatic nitrogens is 1. The van der Waals surface area contributed by atoms with E-state index >= 15 is 0 Å². The number of carbonyl (C=O) groups excluding carboxylic acids is 1. The van der Waals surface area contributed by atoms with Crippen molar-refractivity contribution < 1.29 is 9.53 Å². The Balaban J connectivity index is 1.77. The van der Waals surface area contributed by atoms with Crippen LogP contribution in [0.1, 0.15) is 18.9 Å². The Kier molecular flexibility index (Phi) is 3.97. The molecule has 1 aliphatic heterocycles. The quantitative estimate of drug-likeness (QED) is 0.793. The summed E-state index contributed by atoms with van der Waals surface area (Å²) in [7, 11) is 1.87. The predicted octanol–water partition coefficient (Wildman–Crippen LogP) is 1.51. The van der Waals surface area contributed by atoms with E-state index in [0.29, 0.717) is 6.42 Å². The lowest BCUT2D eigenvalue weighted by Gasteiger charge is -2.40. The van der Waals surface area contributed by atoms with Gasteiger partial charge in [-0.3, -0.25) is 9.78 Å². The highest BCUT2D eigenvalue weighted by Gasteiger charge is 2.35. The molecule has 0 atom stereocenters. The molecule has 1 fully saturated rings. The zero-order chi connectivity index (χ0) is 13.0. The number of nitrogens with zero attached hydrogens (tertiary/aromatic N) is 2. The molecule has 1 aromatic heterocycles. The van der Waals surface area contributed by atoms with Crippen molar-refractivity contribution in [3.8, 4) is 0 Å². The number of carbonyl (C=O) groups is 1. The lowest BCUT2D eigenvalue weighted by atomic mass is 9.88. The number of hydrogen-bond acceptors (Lipinski definition) is 3. The van der Waals surface area contributed by atoms with Crippen LogP contribution in [0.25, 0.3) is 0 Å². The number of ether oxygens (including phenoxy) is 1. The third kappa shape index (κ3) is 3.29. The summed E-state index contributed by atoms with van der Waals surface area (Å²) in [6.45, 7) is 4.45. The molecule has 2 heterocycles. The second kappa shape index (κ2) is 5.48. The first-order valence-electron chi connectivity index (χ1n) is 6.30. The number of pyridine rings is 1. The summed E-state index contributed by atoms with van der Waals surface area (Å²) in [5.41, 5.74) is 1.26. The molecule has 1 saturated heterocycles.